The van der Waals surface area contributed by atoms with Gasteiger partial charge in [-0.05, 0) is 67.3 Å². The SMILES string of the molecule is NC[C@H]1CC1c1cc(Br)ccc1OCC1CC1. The van der Waals surface area contributed by atoms with E-state index in [0.29, 0.717) is 11.8 Å². The van der Waals surface area contributed by atoms with Gasteiger partial charge in [0, 0.05) is 4.47 Å². The predicted octanol–water partition coefficient (Wildman–Crippen LogP) is 3.30. The number of hydrogen-bond acceptors (Lipinski definition) is 2. The quantitative estimate of drug-likeness (QED) is 0.905. The molecule has 0 radical (unpaired) electrons. The minimum atomic E-state index is 0.617. The first-order valence-electron chi connectivity index (χ1n) is 6.40. The van der Waals surface area contributed by atoms with Crippen molar-refractivity contribution in [3.63, 3.8) is 0 Å². The van der Waals surface area contributed by atoms with Gasteiger partial charge in [-0.25, -0.2) is 0 Å². The average molecular weight is 296 g/mol. The molecule has 0 amide bonds. The van der Waals surface area contributed by atoms with E-state index in [-0.39, 0.29) is 0 Å². The van der Waals surface area contributed by atoms with Crippen LogP contribution in [0.5, 0.6) is 5.75 Å². The van der Waals surface area contributed by atoms with E-state index in [1.807, 2.05) is 0 Å². The van der Waals surface area contributed by atoms with Gasteiger partial charge >= 0.3 is 0 Å². The molecule has 92 valence electrons. The van der Waals surface area contributed by atoms with Crippen molar-refractivity contribution in [1.82, 2.24) is 0 Å². The van der Waals surface area contributed by atoms with E-state index in [1.165, 1.54) is 24.8 Å². The highest BCUT2D eigenvalue weighted by Crippen LogP contribution is 2.50. The molecular formula is C14H18BrNO. The highest BCUT2D eigenvalue weighted by molar-refractivity contribution is 9.10. The molecule has 0 saturated heterocycles. The molecular weight excluding hydrogens is 278 g/mol. The fourth-order valence-corrected chi connectivity index (χ4v) is 2.70. The van der Waals surface area contributed by atoms with Crippen LogP contribution >= 0.6 is 15.9 Å². The number of halogens is 1. The van der Waals surface area contributed by atoms with Crippen LogP contribution in [0.4, 0.5) is 0 Å². The van der Waals surface area contributed by atoms with Gasteiger partial charge in [0.25, 0.3) is 0 Å². The molecule has 0 heterocycles. The standard InChI is InChI=1S/C14H18BrNO/c15-11-3-4-14(17-8-9-1-2-9)13(6-11)12-5-10(12)7-16/h3-4,6,9-10,12H,1-2,5,7-8,16H2/t10-,12?/m1/s1. The lowest BCUT2D eigenvalue weighted by Crippen LogP contribution is -2.04. The Labute approximate surface area is 111 Å². The average Bonchev–Trinajstić information content (AvgIpc) is 3.21. The van der Waals surface area contributed by atoms with Crippen LogP contribution in [0.3, 0.4) is 0 Å². The Hall–Kier alpha value is -0.540. The summed E-state index contributed by atoms with van der Waals surface area (Å²) < 4.78 is 7.08. The molecule has 1 aromatic carbocycles. The molecule has 3 rings (SSSR count). The van der Waals surface area contributed by atoms with Crippen molar-refractivity contribution in [2.45, 2.75) is 25.2 Å². The Kier molecular flexibility index (Phi) is 3.14. The van der Waals surface area contributed by atoms with Gasteiger partial charge in [-0.15, -0.1) is 0 Å². The number of benzene rings is 1. The predicted molar refractivity (Wildman–Crippen MR) is 72.3 cm³/mol. The van der Waals surface area contributed by atoms with E-state index < -0.39 is 0 Å². The van der Waals surface area contributed by atoms with Gasteiger partial charge in [-0.2, -0.15) is 0 Å². The minimum absolute atomic E-state index is 0.617. The molecule has 1 aromatic rings. The second-order valence-corrected chi connectivity index (χ2v) is 6.19. The summed E-state index contributed by atoms with van der Waals surface area (Å²) in [5.41, 5.74) is 7.07. The second-order valence-electron chi connectivity index (χ2n) is 5.27. The van der Waals surface area contributed by atoms with E-state index in [2.05, 4.69) is 34.1 Å². The Morgan fingerprint density at radius 2 is 2.18 bits per heavy atom. The maximum absolute atomic E-state index is 5.95. The molecule has 2 N–H and O–H groups in total. The fraction of sp³-hybridized carbons (Fsp3) is 0.571. The zero-order chi connectivity index (χ0) is 11.8. The van der Waals surface area contributed by atoms with Crippen LogP contribution in [-0.2, 0) is 0 Å². The lowest BCUT2D eigenvalue weighted by molar-refractivity contribution is 0.296. The van der Waals surface area contributed by atoms with Crippen LogP contribution in [0.1, 0.15) is 30.7 Å². The Balaban J connectivity index is 1.75. The van der Waals surface area contributed by atoms with Crippen molar-refractivity contribution in [1.29, 1.82) is 0 Å². The molecule has 0 spiro atoms. The highest BCUT2D eigenvalue weighted by Gasteiger charge is 2.39. The third-order valence-electron chi connectivity index (χ3n) is 3.77. The summed E-state index contributed by atoms with van der Waals surface area (Å²) in [7, 11) is 0. The molecule has 2 aliphatic carbocycles. The van der Waals surface area contributed by atoms with E-state index in [4.69, 9.17) is 10.5 Å². The molecule has 2 nitrogen and oxygen atoms in total. The van der Waals surface area contributed by atoms with Crippen LogP contribution in [0.2, 0.25) is 0 Å². The molecule has 0 bridgehead atoms. The Morgan fingerprint density at radius 1 is 1.35 bits per heavy atom. The summed E-state index contributed by atoms with van der Waals surface area (Å²) in [6.45, 7) is 1.67. The third-order valence-corrected chi connectivity index (χ3v) is 4.26. The van der Waals surface area contributed by atoms with Crippen molar-refractivity contribution in [3.05, 3.63) is 28.2 Å². The molecule has 0 aliphatic heterocycles. The van der Waals surface area contributed by atoms with Gasteiger partial charge in [0.1, 0.15) is 5.75 Å². The monoisotopic (exact) mass is 295 g/mol. The van der Waals surface area contributed by atoms with Crippen LogP contribution in [-0.4, -0.2) is 13.2 Å². The van der Waals surface area contributed by atoms with Gasteiger partial charge in [0.15, 0.2) is 0 Å². The van der Waals surface area contributed by atoms with Crippen molar-refractivity contribution in [3.8, 4) is 5.75 Å². The van der Waals surface area contributed by atoms with Crippen LogP contribution in [0.15, 0.2) is 22.7 Å². The molecule has 1 unspecified atom stereocenters. The van der Waals surface area contributed by atoms with E-state index in [1.54, 1.807) is 0 Å². The highest BCUT2D eigenvalue weighted by atomic mass is 79.9. The molecule has 0 aromatic heterocycles. The lowest BCUT2D eigenvalue weighted by atomic mass is 10.1. The van der Waals surface area contributed by atoms with Crippen LogP contribution in [0, 0.1) is 11.8 Å². The number of rotatable bonds is 5. The number of nitrogens with two attached hydrogens (primary N) is 1. The van der Waals surface area contributed by atoms with Crippen molar-refractivity contribution >= 4 is 15.9 Å². The fourth-order valence-electron chi connectivity index (χ4n) is 2.32. The summed E-state index contributed by atoms with van der Waals surface area (Å²) in [6, 6.07) is 6.35. The van der Waals surface area contributed by atoms with Gasteiger partial charge in [-0.1, -0.05) is 15.9 Å². The van der Waals surface area contributed by atoms with E-state index in [0.717, 1.165) is 29.3 Å². The summed E-state index contributed by atoms with van der Waals surface area (Å²) in [5.74, 6) is 3.15. The van der Waals surface area contributed by atoms with Crippen molar-refractivity contribution in [2.24, 2.45) is 17.6 Å². The summed E-state index contributed by atoms with van der Waals surface area (Å²) in [5, 5.41) is 0. The lowest BCUT2D eigenvalue weighted by Gasteiger charge is -2.11. The van der Waals surface area contributed by atoms with Gasteiger partial charge in [-0.3, -0.25) is 0 Å². The second kappa shape index (κ2) is 4.62. The van der Waals surface area contributed by atoms with Crippen molar-refractivity contribution < 1.29 is 4.74 Å². The first kappa shape index (κ1) is 11.5. The molecule has 3 heteroatoms. The first-order chi connectivity index (χ1) is 8.28. The normalized spacial score (nSPS) is 26.9. The molecule has 2 atom stereocenters. The topological polar surface area (TPSA) is 35.2 Å². The van der Waals surface area contributed by atoms with Crippen molar-refractivity contribution in [2.75, 3.05) is 13.2 Å². The van der Waals surface area contributed by atoms with Gasteiger partial charge < -0.3 is 10.5 Å². The Morgan fingerprint density at radius 3 is 2.82 bits per heavy atom. The Bertz CT molecular complexity index is 417. The summed E-state index contributed by atoms with van der Waals surface area (Å²) in [4.78, 5) is 0. The van der Waals surface area contributed by atoms with Crippen LogP contribution < -0.4 is 10.5 Å². The summed E-state index contributed by atoms with van der Waals surface area (Å²) in [6.07, 6.45) is 3.88. The first-order valence-corrected chi connectivity index (χ1v) is 7.19. The zero-order valence-electron chi connectivity index (χ0n) is 9.86. The maximum Gasteiger partial charge on any atom is 0.122 e. The molecule has 2 fully saturated rings. The van der Waals surface area contributed by atoms with E-state index in [9.17, 15) is 0 Å². The maximum atomic E-state index is 5.95. The van der Waals surface area contributed by atoms with E-state index >= 15 is 0 Å². The largest absolute Gasteiger partial charge is 0.493 e. The summed E-state index contributed by atoms with van der Waals surface area (Å²) >= 11 is 3.54. The molecule has 17 heavy (non-hydrogen) atoms. The smallest absolute Gasteiger partial charge is 0.122 e. The number of hydrogen-bond donors (Lipinski definition) is 1. The third kappa shape index (κ3) is 2.66. The van der Waals surface area contributed by atoms with Gasteiger partial charge in [0.05, 0.1) is 6.61 Å². The molecule has 2 saturated carbocycles. The zero-order valence-corrected chi connectivity index (χ0v) is 11.4. The number of ether oxygens (including phenoxy) is 1. The minimum Gasteiger partial charge on any atom is -0.493 e. The van der Waals surface area contributed by atoms with Crippen LogP contribution in [0.25, 0.3) is 0 Å². The van der Waals surface area contributed by atoms with Gasteiger partial charge in [0.2, 0.25) is 0 Å². The molecule has 2 aliphatic rings.